The summed E-state index contributed by atoms with van der Waals surface area (Å²) in [7, 11) is -2.90. The molecular formula is C57H47BN2Si. The normalized spacial score (nSPS) is 17.8. The van der Waals surface area contributed by atoms with Crippen LogP contribution in [0.1, 0.15) is 74.9 Å². The van der Waals surface area contributed by atoms with Gasteiger partial charge in [0.15, 0.2) is 8.07 Å². The maximum atomic E-state index is 2.64. The zero-order valence-corrected chi connectivity index (χ0v) is 36.7. The lowest BCUT2D eigenvalue weighted by Crippen LogP contribution is -2.79. The van der Waals surface area contributed by atoms with Crippen molar-refractivity contribution in [2.45, 2.75) is 57.8 Å². The molecule has 5 heterocycles. The van der Waals surface area contributed by atoms with E-state index >= 15 is 0 Å². The molecule has 0 aromatic heterocycles. The summed E-state index contributed by atoms with van der Waals surface area (Å²) in [5.41, 5.74) is 20.5. The van der Waals surface area contributed by atoms with Crippen molar-refractivity contribution in [2.24, 2.45) is 0 Å². The molecule has 0 atom stereocenters. The van der Waals surface area contributed by atoms with Gasteiger partial charge in [0.2, 0.25) is 6.71 Å². The molecule has 0 bridgehead atoms. The third kappa shape index (κ3) is 4.15. The van der Waals surface area contributed by atoms with Gasteiger partial charge < -0.3 is 9.80 Å². The first-order valence-corrected chi connectivity index (χ1v) is 24.1. The van der Waals surface area contributed by atoms with Crippen molar-refractivity contribution in [1.29, 1.82) is 0 Å². The van der Waals surface area contributed by atoms with E-state index in [9.17, 15) is 0 Å². The minimum Gasteiger partial charge on any atom is -0.311 e. The van der Waals surface area contributed by atoms with Gasteiger partial charge in [-0.1, -0.05) is 185 Å². The largest absolute Gasteiger partial charge is 0.311 e. The van der Waals surface area contributed by atoms with Crippen LogP contribution in [0.15, 0.2) is 176 Å². The quantitative estimate of drug-likeness (QED) is 0.161. The van der Waals surface area contributed by atoms with Crippen molar-refractivity contribution >= 4 is 86.0 Å². The Hall–Kier alpha value is -6.36. The van der Waals surface area contributed by atoms with Crippen molar-refractivity contribution in [3.05, 3.63) is 209 Å². The van der Waals surface area contributed by atoms with Crippen molar-refractivity contribution < 1.29 is 0 Å². The fraction of sp³-hybridized carbons (Fsp3) is 0.158. The number of anilines is 6. The van der Waals surface area contributed by atoms with Gasteiger partial charge in [0, 0.05) is 50.4 Å². The Bertz CT molecular complexity index is 3030. The fourth-order valence-corrected chi connectivity index (χ4v) is 18.6. The van der Waals surface area contributed by atoms with Crippen molar-refractivity contribution in [1.82, 2.24) is 0 Å². The molecule has 0 radical (unpaired) electrons. The third-order valence-electron chi connectivity index (χ3n) is 15.8. The minimum absolute atomic E-state index is 0.0795. The van der Waals surface area contributed by atoms with E-state index in [0.29, 0.717) is 0 Å². The number of fused-ring (bicyclic) bond motifs is 8. The van der Waals surface area contributed by atoms with Crippen LogP contribution >= 0.6 is 0 Å². The molecule has 0 saturated heterocycles. The average Bonchev–Trinajstić information content (AvgIpc) is 3.28. The van der Waals surface area contributed by atoms with Gasteiger partial charge in [-0.05, 0) is 103 Å². The van der Waals surface area contributed by atoms with Crippen molar-refractivity contribution in [3.63, 3.8) is 0 Å². The predicted octanol–water partition coefficient (Wildman–Crippen LogP) is 9.06. The Morgan fingerprint density at radius 1 is 0.328 bits per heavy atom. The Morgan fingerprint density at radius 2 is 0.639 bits per heavy atom. The van der Waals surface area contributed by atoms with Crippen LogP contribution in [-0.2, 0) is 16.2 Å². The highest BCUT2D eigenvalue weighted by Crippen LogP contribution is 2.50. The van der Waals surface area contributed by atoms with E-state index < -0.39 is 8.07 Å². The van der Waals surface area contributed by atoms with Crippen LogP contribution in [0.25, 0.3) is 0 Å². The molecule has 0 N–H and O–H groups in total. The standard InChI is InChI=1S/C57H47BN2Si/c1-55(2)38-22-18-24-40-52(38)58-53-39(55)23-19-25-41(53)57(5,6)43-35-37(34-42(54(43)58)56(40,3)4)60-46-28-12-16-32-50(46)61(51-33-17-13-29-47(51)60)48-30-14-10-26-44(48)59(36-20-8-7-9-21-36)45-27-11-15-31-49(45)61/h7-35H,1-6H3. The van der Waals surface area contributed by atoms with Crippen LogP contribution in [0.4, 0.5) is 34.1 Å². The first-order chi connectivity index (χ1) is 29.6. The Balaban J connectivity index is 1.11. The Labute approximate surface area is 361 Å². The molecule has 4 heteroatoms. The summed E-state index contributed by atoms with van der Waals surface area (Å²) in [4.78, 5) is 5.14. The Morgan fingerprint density at radius 3 is 1.03 bits per heavy atom. The zero-order valence-electron chi connectivity index (χ0n) is 35.7. The van der Waals surface area contributed by atoms with E-state index in [2.05, 4.69) is 227 Å². The predicted molar refractivity (Wildman–Crippen MR) is 260 cm³/mol. The zero-order chi connectivity index (χ0) is 41.2. The second-order valence-corrected chi connectivity index (χ2v) is 23.3. The van der Waals surface area contributed by atoms with Gasteiger partial charge in [-0.2, -0.15) is 0 Å². The highest BCUT2D eigenvalue weighted by molar-refractivity contribution is 7.23. The maximum absolute atomic E-state index is 2.90. The average molecular weight is 799 g/mol. The van der Waals surface area contributed by atoms with Gasteiger partial charge in [-0.15, -0.1) is 0 Å². The van der Waals surface area contributed by atoms with Gasteiger partial charge >= 0.3 is 0 Å². The first-order valence-electron chi connectivity index (χ1n) is 22.1. The molecule has 8 aromatic carbocycles. The molecule has 0 unspecified atom stereocenters. The summed E-state index contributed by atoms with van der Waals surface area (Å²) in [5, 5.41) is 5.73. The van der Waals surface area contributed by atoms with Gasteiger partial charge in [0.1, 0.15) is 0 Å². The lowest BCUT2D eigenvalue weighted by Gasteiger charge is -2.53. The van der Waals surface area contributed by atoms with Gasteiger partial charge in [-0.3, -0.25) is 0 Å². The van der Waals surface area contributed by atoms with Crippen LogP contribution in [0, 0.1) is 0 Å². The van der Waals surface area contributed by atoms with Gasteiger partial charge in [0.25, 0.3) is 0 Å². The first kappa shape index (κ1) is 35.4. The summed E-state index contributed by atoms with van der Waals surface area (Å²) in [6.07, 6.45) is 0. The summed E-state index contributed by atoms with van der Waals surface area (Å²) >= 11 is 0. The van der Waals surface area contributed by atoms with Crippen molar-refractivity contribution in [3.8, 4) is 0 Å². The molecule has 5 aliphatic rings. The number of benzene rings is 8. The van der Waals surface area contributed by atoms with Crippen LogP contribution in [-0.4, -0.2) is 14.8 Å². The van der Waals surface area contributed by atoms with E-state index in [4.69, 9.17) is 0 Å². The summed E-state index contributed by atoms with van der Waals surface area (Å²) in [6.45, 7) is 15.1. The molecule has 1 spiro atoms. The van der Waals surface area contributed by atoms with Crippen molar-refractivity contribution in [2.75, 3.05) is 9.80 Å². The molecule has 292 valence electrons. The highest BCUT2D eigenvalue weighted by atomic mass is 28.3. The number of hydrogen-bond acceptors (Lipinski definition) is 2. The van der Waals surface area contributed by atoms with E-state index in [1.807, 2.05) is 0 Å². The SMILES string of the molecule is CC1(C)c2cccc3c2B2c4c1cccc4C(C)(C)c1cc(N4c5ccccc5[Si]5(c6ccccc6N(c6ccccc6)c6ccccc65)c5ccccc54)cc(c12)C3(C)C. The fourth-order valence-electron chi connectivity index (χ4n) is 13.1. The number of nitrogens with zero attached hydrogens (tertiary/aromatic N) is 2. The number of rotatable bonds is 2. The molecule has 0 fully saturated rings. The van der Waals surface area contributed by atoms with Crippen LogP contribution in [0.2, 0.25) is 0 Å². The molecule has 61 heavy (non-hydrogen) atoms. The number of para-hydroxylation sites is 5. The molecule has 0 amide bonds. The second kappa shape index (κ2) is 11.7. The lowest BCUT2D eigenvalue weighted by molar-refractivity contribution is 0.599. The number of hydrogen-bond donors (Lipinski definition) is 0. The smallest absolute Gasteiger partial charge is 0.243 e. The highest BCUT2D eigenvalue weighted by Gasteiger charge is 2.56. The lowest BCUT2D eigenvalue weighted by atomic mass is 9.23. The molecule has 2 nitrogen and oxygen atoms in total. The third-order valence-corrected chi connectivity index (χ3v) is 20.7. The summed E-state index contributed by atoms with van der Waals surface area (Å²) in [6, 6.07) is 67.9. The van der Waals surface area contributed by atoms with Crippen LogP contribution in [0.5, 0.6) is 0 Å². The second-order valence-electron chi connectivity index (χ2n) is 19.6. The minimum atomic E-state index is -2.90. The van der Waals surface area contributed by atoms with Crippen LogP contribution < -0.4 is 46.9 Å². The molecule has 0 aliphatic carbocycles. The van der Waals surface area contributed by atoms with E-state index in [-0.39, 0.29) is 23.0 Å². The molecule has 13 rings (SSSR count). The molecule has 5 aliphatic heterocycles. The van der Waals surface area contributed by atoms with E-state index in [1.54, 1.807) is 10.9 Å². The molecule has 0 saturated carbocycles. The van der Waals surface area contributed by atoms with E-state index in [1.165, 1.54) is 93.7 Å². The molecule has 8 aromatic rings. The maximum Gasteiger partial charge on any atom is 0.243 e. The van der Waals surface area contributed by atoms with Crippen LogP contribution in [0.3, 0.4) is 0 Å². The summed E-state index contributed by atoms with van der Waals surface area (Å²) < 4.78 is 0. The monoisotopic (exact) mass is 798 g/mol. The van der Waals surface area contributed by atoms with Gasteiger partial charge in [-0.25, -0.2) is 0 Å². The Kier molecular flexibility index (Phi) is 6.80. The molecular weight excluding hydrogens is 752 g/mol. The van der Waals surface area contributed by atoms with Gasteiger partial charge in [0.05, 0.1) is 0 Å². The van der Waals surface area contributed by atoms with E-state index in [0.717, 1.165) is 0 Å². The summed E-state index contributed by atoms with van der Waals surface area (Å²) in [5.74, 6) is 0. The topological polar surface area (TPSA) is 6.48 Å².